The quantitative estimate of drug-likeness (QED) is 0.439. The molecule has 1 aliphatic carbocycles. The Hall–Kier alpha value is -1.14. The number of nitrogens with one attached hydrogen (secondary N) is 1. The highest BCUT2D eigenvalue weighted by molar-refractivity contribution is 7.99. The van der Waals surface area contributed by atoms with Crippen molar-refractivity contribution in [2.75, 3.05) is 11.5 Å². The van der Waals surface area contributed by atoms with Crippen molar-refractivity contribution in [3.63, 3.8) is 0 Å². The number of unbranched alkanes of at least 4 members (excludes halogenated alkanes) is 2. The molecule has 2 unspecified atom stereocenters. The van der Waals surface area contributed by atoms with E-state index in [2.05, 4.69) is 19.2 Å². The monoisotopic (exact) mass is 354 g/mol. The molecule has 3 N–H and O–H groups in total. The summed E-state index contributed by atoms with van der Waals surface area (Å²) >= 11 is 1.67. The van der Waals surface area contributed by atoms with E-state index in [1.807, 2.05) is 6.08 Å². The average molecular weight is 355 g/mol. The van der Waals surface area contributed by atoms with Crippen LogP contribution in [-0.2, 0) is 14.4 Å². The summed E-state index contributed by atoms with van der Waals surface area (Å²) in [4.78, 5) is 34.8. The van der Waals surface area contributed by atoms with Crippen molar-refractivity contribution in [3.05, 3.63) is 11.8 Å². The maximum atomic E-state index is 12.1. The smallest absolute Gasteiger partial charge is 0.228 e. The Kier molecular flexibility index (Phi) is 8.16. The Morgan fingerprint density at radius 3 is 2.42 bits per heavy atom. The van der Waals surface area contributed by atoms with Crippen LogP contribution in [0.2, 0.25) is 0 Å². The van der Waals surface area contributed by atoms with Crippen molar-refractivity contribution in [2.24, 2.45) is 17.1 Å². The Morgan fingerprint density at radius 2 is 1.92 bits per heavy atom. The first kappa shape index (κ1) is 20.9. The zero-order valence-electron chi connectivity index (χ0n) is 15.2. The second-order valence-corrected chi connectivity index (χ2v) is 8.35. The predicted molar refractivity (Wildman–Crippen MR) is 98.6 cm³/mol. The van der Waals surface area contributed by atoms with Gasteiger partial charge < -0.3 is 11.1 Å². The predicted octanol–water partition coefficient (Wildman–Crippen LogP) is 2.44. The first-order valence-corrected chi connectivity index (χ1v) is 9.66. The molecule has 0 saturated heterocycles. The Balaban J connectivity index is 2.25. The summed E-state index contributed by atoms with van der Waals surface area (Å²) in [7, 11) is 0. The zero-order valence-corrected chi connectivity index (χ0v) is 16.0. The Bertz CT molecular complexity index is 514. The third-order valence-electron chi connectivity index (χ3n) is 4.38. The van der Waals surface area contributed by atoms with E-state index in [9.17, 15) is 14.4 Å². The van der Waals surface area contributed by atoms with Crippen LogP contribution in [0.3, 0.4) is 0 Å². The number of thioether (sulfide) groups is 1. The fraction of sp³-hybridized carbons (Fsp3) is 0.722. The lowest BCUT2D eigenvalue weighted by Gasteiger charge is -2.09. The number of ketones is 2. The molecule has 0 spiro atoms. The number of Topliss-reactive ketones (excluding diaryl/α,β-unsaturated/α-hetero) is 2. The summed E-state index contributed by atoms with van der Waals surface area (Å²) in [5.74, 6) is 1.47. The molecule has 6 heteroatoms. The number of nitrogens with two attached hydrogens (primary N) is 1. The van der Waals surface area contributed by atoms with Gasteiger partial charge in [0.05, 0.1) is 11.7 Å². The van der Waals surface area contributed by atoms with Gasteiger partial charge in [0.15, 0.2) is 5.78 Å². The van der Waals surface area contributed by atoms with Gasteiger partial charge in [-0.25, -0.2) is 0 Å². The molecular formula is C18H30N2O3S. The second-order valence-electron chi connectivity index (χ2n) is 7.20. The lowest BCUT2D eigenvalue weighted by Crippen LogP contribution is -2.30. The molecular weight excluding hydrogens is 324 g/mol. The first-order chi connectivity index (χ1) is 11.1. The maximum absolute atomic E-state index is 12.1. The van der Waals surface area contributed by atoms with E-state index in [1.165, 1.54) is 13.8 Å². The zero-order chi connectivity index (χ0) is 18.3. The van der Waals surface area contributed by atoms with Crippen LogP contribution in [0.4, 0.5) is 0 Å². The van der Waals surface area contributed by atoms with Gasteiger partial charge in [0.1, 0.15) is 5.78 Å². The minimum Gasteiger partial charge on any atom is -0.323 e. The molecule has 0 heterocycles. The summed E-state index contributed by atoms with van der Waals surface area (Å²) in [5, 5.41) is 2.78. The minimum absolute atomic E-state index is 0.0159. The number of rotatable bonds is 11. The van der Waals surface area contributed by atoms with E-state index in [0.29, 0.717) is 11.4 Å². The molecule has 0 aromatic carbocycles. The van der Waals surface area contributed by atoms with Crippen molar-refractivity contribution in [1.82, 2.24) is 5.32 Å². The highest BCUT2D eigenvalue weighted by atomic mass is 32.2. The largest absolute Gasteiger partial charge is 0.323 e. The molecule has 0 aromatic heterocycles. The fourth-order valence-electron chi connectivity index (χ4n) is 2.34. The highest BCUT2D eigenvalue weighted by Crippen LogP contribution is 2.51. The summed E-state index contributed by atoms with van der Waals surface area (Å²) < 4.78 is 0. The van der Waals surface area contributed by atoms with Crippen LogP contribution in [0.5, 0.6) is 0 Å². The van der Waals surface area contributed by atoms with Gasteiger partial charge in [-0.3, -0.25) is 14.4 Å². The summed E-state index contributed by atoms with van der Waals surface area (Å²) in [6.07, 6.45) is 5.37. The van der Waals surface area contributed by atoms with Crippen molar-refractivity contribution >= 4 is 29.2 Å². The molecule has 0 aliphatic heterocycles. The molecule has 1 saturated carbocycles. The van der Waals surface area contributed by atoms with Gasteiger partial charge in [-0.2, -0.15) is 11.8 Å². The van der Waals surface area contributed by atoms with Gasteiger partial charge in [0.2, 0.25) is 5.91 Å². The van der Waals surface area contributed by atoms with Crippen LogP contribution in [0.25, 0.3) is 0 Å². The summed E-state index contributed by atoms with van der Waals surface area (Å²) in [6, 6.07) is -0.374. The third kappa shape index (κ3) is 7.18. The van der Waals surface area contributed by atoms with Crippen LogP contribution in [-0.4, -0.2) is 35.0 Å². The van der Waals surface area contributed by atoms with Crippen LogP contribution in [0.15, 0.2) is 11.8 Å². The van der Waals surface area contributed by atoms with E-state index < -0.39 is 0 Å². The molecule has 5 nitrogen and oxygen atoms in total. The minimum atomic E-state index is -0.374. The second kappa shape index (κ2) is 9.37. The molecule has 1 rings (SSSR count). The average Bonchev–Trinajstić information content (AvgIpc) is 3.13. The molecule has 1 aliphatic rings. The van der Waals surface area contributed by atoms with Gasteiger partial charge in [0.25, 0.3) is 0 Å². The summed E-state index contributed by atoms with van der Waals surface area (Å²) in [5.41, 5.74) is 6.14. The van der Waals surface area contributed by atoms with Crippen LogP contribution >= 0.6 is 11.8 Å². The Morgan fingerprint density at radius 1 is 1.29 bits per heavy atom. The van der Waals surface area contributed by atoms with Gasteiger partial charge in [-0.05, 0) is 43.8 Å². The van der Waals surface area contributed by atoms with Gasteiger partial charge >= 0.3 is 0 Å². The molecule has 1 amide bonds. The highest BCUT2D eigenvalue weighted by Gasteiger charge is 2.50. The van der Waals surface area contributed by atoms with Crippen molar-refractivity contribution in [3.8, 4) is 0 Å². The maximum Gasteiger partial charge on any atom is 0.228 e. The molecule has 2 atom stereocenters. The lowest BCUT2D eigenvalue weighted by molar-refractivity contribution is -0.124. The van der Waals surface area contributed by atoms with Gasteiger partial charge in [-0.15, -0.1) is 0 Å². The number of carbonyl (C=O) groups is 3. The van der Waals surface area contributed by atoms with Crippen molar-refractivity contribution in [1.29, 1.82) is 0 Å². The van der Waals surface area contributed by atoms with E-state index in [-0.39, 0.29) is 34.8 Å². The van der Waals surface area contributed by atoms with Crippen LogP contribution in [0, 0.1) is 11.3 Å². The molecule has 0 radical (unpaired) electrons. The van der Waals surface area contributed by atoms with E-state index in [0.717, 1.165) is 31.4 Å². The van der Waals surface area contributed by atoms with E-state index in [1.54, 1.807) is 11.8 Å². The van der Waals surface area contributed by atoms with Crippen LogP contribution in [0.1, 0.15) is 53.4 Å². The fourth-order valence-corrected chi connectivity index (χ4v) is 3.40. The van der Waals surface area contributed by atoms with Crippen molar-refractivity contribution < 1.29 is 14.4 Å². The standard InChI is InChI=1S/C18H30N2O3S/c1-12(21)15(19)11-24-9-7-5-6-8-16(13(2)22)20-17(23)14-10-18(14,3)4/h8,14-15H,5-7,9-11,19H2,1-4H3,(H,20,23). The molecule has 1 fully saturated rings. The van der Waals surface area contributed by atoms with E-state index >= 15 is 0 Å². The van der Waals surface area contributed by atoms with Crippen LogP contribution < -0.4 is 11.1 Å². The van der Waals surface area contributed by atoms with Gasteiger partial charge in [-0.1, -0.05) is 19.9 Å². The first-order valence-electron chi connectivity index (χ1n) is 8.51. The van der Waals surface area contributed by atoms with Gasteiger partial charge in [0, 0.05) is 18.6 Å². The normalized spacial score (nSPS) is 20.4. The topological polar surface area (TPSA) is 89.3 Å². The lowest BCUT2D eigenvalue weighted by atomic mass is 10.1. The number of hydrogen-bond donors (Lipinski definition) is 2. The number of carbonyl (C=O) groups excluding carboxylic acids is 3. The molecule has 24 heavy (non-hydrogen) atoms. The molecule has 0 aromatic rings. The molecule has 136 valence electrons. The van der Waals surface area contributed by atoms with Crippen molar-refractivity contribution in [2.45, 2.75) is 59.4 Å². The number of amides is 1. The molecule has 0 bridgehead atoms. The number of allylic oxidation sites excluding steroid dienone is 2. The number of hydrogen-bond acceptors (Lipinski definition) is 5. The summed E-state index contributed by atoms with van der Waals surface area (Å²) in [6.45, 7) is 7.10. The van der Waals surface area contributed by atoms with E-state index in [4.69, 9.17) is 5.73 Å². The SMILES string of the molecule is CC(=O)C(=CCCCCSCC(N)C(C)=O)NC(=O)C1CC1(C)C. The Labute approximate surface area is 149 Å². The third-order valence-corrected chi connectivity index (χ3v) is 5.55.